The normalized spacial score (nSPS) is 29.1. The molecule has 0 heterocycles. The maximum atomic E-state index is 13.5. The number of hydrogen-bond acceptors (Lipinski definition) is 18. The molecule has 6 aliphatic carbocycles. The van der Waals surface area contributed by atoms with E-state index in [-0.39, 0.29) is 59.5 Å². The zero-order valence-corrected chi connectivity index (χ0v) is 37.6. The number of nitrogens with zero attached hydrogens (tertiary/aromatic N) is 4. The topological polar surface area (TPSA) is 329 Å². The van der Waals surface area contributed by atoms with Crippen LogP contribution in [0.4, 0.5) is 11.4 Å². The van der Waals surface area contributed by atoms with Gasteiger partial charge in [-0.25, -0.2) is 0 Å². The molecular weight excluding hydrogens is 861 g/mol. The number of carbonyl (C=O) groups excluding carboxylic acids is 6. The average Bonchev–Trinajstić information content (AvgIpc) is 3.20. The van der Waals surface area contributed by atoms with Gasteiger partial charge < -0.3 is 62.1 Å². The number of phenolic OH excluding ortho intramolecular Hbond substituents is 2. The maximum Gasteiger partial charge on any atom is 0.255 e. The van der Waals surface area contributed by atoms with Crippen molar-refractivity contribution in [2.24, 2.45) is 35.1 Å². The Hall–Kier alpha value is -6.74. The highest BCUT2D eigenvalue weighted by Crippen LogP contribution is 2.55. The minimum Gasteiger partial charge on any atom is -0.510 e. The van der Waals surface area contributed by atoms with E-state index < -0.39 is 116 Å². The van der Waals surface area contributed by atoms with E-state index in [4.69, 9.17) is 11.5 Å². The van der Waals surface area contributed by atoms with Crippen molar-refractivity contribution >= 4 is 46.3 Å². The summed E-state index contributed by atoms with van der Waals surface area (Å²) < 4.78 is 0. The number of likely N-dealkylation sites (N-methyl/N-ethyl adjacent to an activating group) is 2. The Labute approximate surface area is 378 Å². The molecule has 0 saturated carbocycles. The Morgan fingerprint density at radius 2 is 0.879 bits per heavy atom. The molecule has 20 heteroatoms. The summed E-state index contributed by atoms with van der Waals surface area (Å²) >= 11 is 0. The highest BCUT2D eigenvalue weighted by atomic mass is 16.4. The predicted molar refractivity (Wildman–Crippen MR) is 236 cm³/mol. The second-order valence-electron chi connectivity index (χ2n) is 18.6. The lowest BCUT2D eigenvalue weighted by Crippen LogP contribution is -2.63. The largest absolute Gasteiger partial charge is 0.510 e. The van der Waals surface area contributed by atoms with E-state index in [1.165, 1.54) is 21.9 Å². The second kappa shape index (κ2) is 16.0. The summed E-state index contributed by atoms with van der Waals surface area (Å²) in [5.74, 6) is -13.1. The molecule has 2 amide bonds. The number of aromatic hydroxyl groups is 2. The molecule has 2 aromatic rings. The van der Waals surface area contributed by atoms with Gasteiger partial charge in [-0.3, -0.25) is 38.6 Å². The fourth-order valence-electron chi connectivity index (χ4n) is 11.3. The molecule has 6 aliphatic rings. The number of fused-ring (bicyclic) bond motifs is 6. The fourth-order valence-corrected chi connectivity index (χ4v) is 11.3. The van der Waals surface area contributed by atoms with Crippen molar-refractivity contribution in [1.29, 1.82) is 0 Å². The number of phenols is 2. The van der Waals surface area contributed by atoms with E-state index in [0.29, 0.717) is 11.1 Å². The lowest BCUT2D eigenvalue weighted by molar-refractivity contribution is -0.149. The van der Waals surface area contributed by atoms with Gasteiger partial charge in [-0.15, -0.1) is 0 Å². The van der Waals surface area contributed by atoms with Gasteiger partial charge in [0.25, 0.3) is 11.8 Å². The summed E-state index contributed by atoms with van der Waals surface area (Å²) in [6.07, 6.45) is 0.648. The zero-order chi connectivity index (χ0) is 49.1. The van der Waals surface area contributed by atoms with E-state index >= 15 is 0 Å². The van der Waals surface area contributed by atoms with Crippen LogP contribution in [-0.2, 0) is 32.0 Å². The summed E-state index contributed by atoms with van der Waals surface area (Å²) in [5, 5.41) is 87.8. The molecule has 4 unspecified atom stereocenters. The van der Waals surface area contributed by atoms with Gasteiger partial charge in [0.1, 0.15) is 45.7 Å². The van der Waals surface area contributed by atoms with Crippen LogP contribution < -0.4 is 21.3 Å². The highest BCUT2D eigenvalue weighted by molar-refractivity contribution is 6.26. The van der Waals surface area contributed by atoms with Gasteiger partial charge in [-0.1, -0.05) is 0 Å². The number of aliphatic hydroxyl groups excluding tert-OH is 4. The molecule has 12 N–H and O–H groups in total. The molecule has 66 heavy (non-hydrogen) atoms. The standard InChI is InChI=1S/2C23H27N3O7/c2*1-25(2)12-5-6-13(27)15-10(12)7-9-8-11-17(26(3)4)19(29)16(22(24)32)21(31)23(11,33)20(30)14(9)18(15)28/h2*5-6,9,11,17,27,29-30,33H,7-8H2,1-4H3,(H2,24,32)/t9-,11-,17-,23-;/m0./s1. The first-order valence-electron chi connectivity index (χ1n) is 21.0. The molecule has 352 valence electrons. The molecule has 0 aromatic heterocycles. The number of rotatable bonds is 6. The van der Waals surface area contributed by atoms with Crippen molar-refractivity contribution < 1.29 is 69.6 Å². The molecule has 2 aromatic carbocycles. The summed E-state index contributed by atoms with van der Waals surface area (Å²) in [7, 11) is 13.6. The average molecular weight is 915 g/mol. The molecule has 0 aliphatic heterocycles. The van der Waals surface area contributed by atoms with Gasteiger partial charge in [0.05, 0.1) is 23.2 Å². The Balaban J connectivity index is 0.000000196. The van der Waals surface area contributed by atoms with E-state index in [2.05, 4.69) is 0 Å². The third-order valence-corrected chi connectivity index (χ3v) is 14.1. The molecule has 0 spiro atoms. The molecular formula is C46H54N6O14. The SMILES string of the molecule is CN(C)c1ccc(O)c2c1CC1CC3C(N(C)C)C(O)=C(C(N)=O)C(=O)C3(O)C(O)=C1C2=O.CN(C)c1ccc(O)c2c1C[C@H]1C[C@H]3[C@H](N(C)C)C(O)=C(C(N)=O)C(=O)[C@@]3(O)C(O)=C1C2=O. The number of anilines is 2. The third-order valence-electron chi connectivity index (χ3n) is 14.1. The maximum absolute atomic E-state index is 13.5. The van der Waals surface area contributed by atoms with Gasteiger partial charge in [-0.05, 0) is 101 Å². The minimum atomic E-state index is -2.63. The number of nitrogens with two attached hydrogens (primary N) is 2. The van der Waals surface area contributed by atoms with Crippen LogP contribution in [0.25, 0.3) is 0 Å². The minimum absolute atomic E-state index is 0.00184. The van der Waals surface area contributed by atoms with Gasteiger partial charge in [-0.2, -0.15) is 0 Å². The van der Waals surface area contributed by atoms with Crippen LogP contribution in [0.1, 0.15) is 44.7 Å². The Bertz CT molecular complexity index is 2520. The van der Waals surface area contributed by atoms with Gasteiger partial charge >= 0.3 is 0 Å². The van der Waals surface area contributed by atoms with Crippen LogP contribution >= 0.6 is 0 Å². The Kier molecular flexibility index (Phi) is 11.5. The molecule has 20 nitrogen and oxygen atoms in total. The number of aliphatic hydroxyl groups is 6. The summed E-state index contributed by atoms with van der Waals surface area (Å²) in [5.41, 5.74) is 6.05. The zero-order valence-electron chi connectivity index (χ0n) is 37.6. The highest BCUT2D eigenvalue weighted by Gasteiger charge is 2.65. The van der Waals surface area contributed by atoms with Crippen LogP contribution in [0.2, 0.25) is 0 Å². The van der Waals surface area contributed by atoms with Crippen LogP contribution in [0.5, 0.6) is 11.5 Å². The number of allylic oxidation sites excluding steroid dienone is 2. The van der Waals surface area contributed by atoms with Crippen molar-refractivity contribution in [1.82, 2.24) is 9.80 Å². The first-order valence-corrected chi connectivity index (χ1v) is 21.0. The number of hydrogen-bond donors (Lipinski definition) is 10. The monoisotopic (exact) mass is 914 g/mol. The summed E-state index contributed by atoms with van der Waals surface area (Å²) in [6, 6.07) is 4.13. The number of benzene rings is 2. The first kappa shape index (κ1) is 47.2. The third kappa shape index (κ3) is 6.48. The van der Waals surface area contributed by atoms with Crippen LogP contribution in [-0.4, -0.2) is 165 Å². The van der Waals surface area contributed by atoms with E-state index in [9.17, 15) is 69.6 Å². The first-order chi connectivity index (χ1) is 30.7. The van der Waals surface area contributed by atoms with Crippen molar-refractivity contribution in [3.63, 3.8) is 0 Å². The van der Waals surface area contributed by atoms with Crippen molar-refractivity contribution in [3.8, 4) is 11.5 Å². The quantitative estimate of drug-likeness (QED) is 0.175. The Morgan fingerprint density at radius 3 is 1.15 bits per heavy atom. The lowest BCUT2D eigenvalue weighted by atomic mass is 9.58. The van der Waals surface area contributed by atoms with E-state index in [1.54, 1.807) is 78.3 Å². The molecule has 0 radical (unpaired) electrons. The number of carbonyl (C=O) groups is 6. The molecule has 8 rings (SSSR count). The second-order valence-corrected chi connectivity index (χ2v) is 18.6. The van der Waals surface area contributed by atoms with Gasteiger partial charge in [0.2, 0.25) is 11.6 Å². The Morgan fingerprint density at radius 1 is 0.561 bits per heavy atom. The van der Waals surface area contributed by atoms with Gasteiger partial charge in [0.15, 0.2) is 22.8 Å². The molecule has 0 fully saturated rings. The molecule has 8 atom stereocenters. The summed E-state index contributed by atoms with van der Waals surface area (Å²) in [4.78, 5) is 84.0. The van der Waals surface area contributed by atoms with Crippen LogP contribution in [0.15, 0.2) is 69.6 Å². The molecule has 0 bridgehead atoms. The number of amides is 2. The van der Waals surface area contributed by atoms with Gasteiger partial charge in [0, 0.05) is 62.5 Å². The predicted octanol–water partition coefficient (Wildman–Crippen LogP) is 0.373. The number of ketones is 4. The summed E-state index contributed by atoms with van der Waals surface area (Å²) in [6.45, 7) is 0. The fraction of sp³-hybridized carbons (Fsp3) is 0.435. The van der Waals surface area contributed by atoms with Crippen molar-refractivity contribution in [2.75, 3.05) is 66.2 Å². The number of primary amides is 2. The van der Waals surface area contributed by atoms with Crippen molar-refractivity contribution in [3.05, 3.63) is 91.8 Å². The molecule has 0 saturated heterocycles. The lowest BCUT2D eigenvalue weighted by Gasteiger charge is -2.50. The number of Topliss-reactive ketones (excluding diaryl/α,β-unsaturated/α-hetero) is 4. The smallest absolute Gasteiger partial charge is 0.255 e. The van der Waals surface area contributed by atoms with Crippen molar-refractivity contribution in [2.45, 2.75) is 49.0 Å². The van der Waals surface area contributed by atoms with E-state index in [1.807, 2.05) is 0 Å². The van der Waals surface area contributed by atoms with Crippen LogP contribution in [0, 0.1) is 23.7 Å². The van der Waals surface area contributed by atoms with Crippen LogP contribution in [0.3, 0.4) is 0 Å². The van der Waals surface area contributed by atoms with E-state index in [0.717, 1.165) is 11.4 Å².